The minimum Gasteiger partial charge on any atom is -0.451 e. The van der Waals surface area contributed by atoms with E-state index < -0.39 is 5.91 Å². The Labute approximate surface area is 151 Å². The Kier molecular flexibility index (Phi) is 4.87. The molecule has 0 bridgehead atoms. The van der Waals surface area contributed by atoms with Gasteiger partial charge in [0.15, 0.2) is 5.76 Å². The van der Waals surface area contributed by atoms with Crippen molar-refractivity contribution < 1.29 is 14.0 Å². The van der Waals surface area contributed by atoms with E-state index in [1.165, 1.54) is 0 Å². The fraction of sp³-hybridized carbons (Fsp3) is 0.0588. The van der Waals surface area contributed by atoms with Crippen molar-refractivity contribution in [2.45, 2.75) is 0 Å². The molecule has 0 aliphatic rings. The van der Waals surface area contributed by atoms with Gasteiger partial charge in [-0.05, 0) is 48.5 Å². The Balaban J connectivity index is 1.59. The van der Waals surface area contributed by atoms with Gasteiger partial charge in [-0.3, -0.25) is 9.59 Å². The van der Waals surface area contributed by atoms with Gasteiger partial charge in [-0.1, -0.05) is 27.5 Å². The van der Waals surface area contributed by atoms with Gasteiger partial charge in [0, 0.05) is 20.6 Å². The molecule has 7 heteroatoms. The van der Waals surface area contributed by atoms with Crippen LogP contribution < -0.4 is 10.6 Å². The first-order valence-electron chi connectivity index (χ1n) is 7.04. The topological polar surface area (TPSA) is 71.3 Å². The summed E-state index contributed by atoms with van der Waals surface area (Å²) in [6.07, 6.45) is 0. The minimum atomic E-state index is -0.465. The van der Waals surface area contributed by atoms with Crippen molar-refractivity contribution in [3.8, 4) is 0 Å². The van der Waals surface area contributed by atoms with Gasteiger partial charge in [-0.25, -0.2) is 0 Å². The van der Waals surface area contributed by atoms with E-state index in [9.17, 15) is 9.59 Å². The Morgan fingerprint density at radius 1 is 1.08 bits per heavy atom. The van der Waals surface area contributed by atoms with Crippen LogP contribution in [0.15, 0.2) is 57.4 Å². The van der Waals surface area contributed by atoms with Gasteiger partial charge in [-0.15, -0.1) is 0 Å². The number of anilines is 1. The lowest BCUT2D eigenvalue weighted by molar-refractivity contribution is -0.115. The molecule has 0 saturated carbocycles. The van der Waals surface area contributed by atoms with Gasteiger partial charge in [0.1, 0.15) is 5.58 Å². The summed E-state index contributed by atoms with van der Waals surface area (Å²) in [5.74, 6) is -0.665. The van der Waals surface area contributed by atoms with Gasteiger partial charge in [0.2, 0.25) is 5.91 Å². The first-order valence-corrected chi connectivity index (χ1v) is 8.21. The number of furan rings is 1. The minimum absolute atomic E-state index is 0.128. The van der Waals surface area contributed by atoms with Gasteiger partial charge in [0.05, 0.1) is 6.54 Å². The van der Waals surface area contributed by atoms with Crippen molar-refractivity contribution in [1.29, 1.82) is 0 Å². The molecule has 1 aromatic heterocycles. The third-order valence-electron chi connectivity index (χ3n) is 3.24. The lowest BCUT2D eigenvalue weighted by Gasteiger charge is -2.06. The molecule has 0 fully saturated rings. The summed E-state index contributed by atoms with van der Waals surface area (Å²) in [6, 6.07) is 13.8. The molecule has 0 radical (unpaired) electrons. The second-order valence-electron chi connectivity index (χ2n) is 5.03. The molecule has 1 heterocycles. The van der Waals surface area contributed by atoms with Gasteiger partial charge in [0.25, 0.3) is 5.91 Å². The Morgan fingerprint density at radius 3 is 2.58 bits per heavy atom. The molecule has 0 aliphatic carbocycles. The first kappa shape index (κ1) is 16.5. The number of hydrogen-bond donors (Lipinski definition) is 2. The second kappa shape index (κ2) is 7.07. The number of nitrogens with one attached hydrogen (secondary N) is 2. The molecule has 0 unspecified atom stereocenters. The zero-order valence-electron chi connectivity index (χ0n) is 12.3. The maximum absolute atomic E-state index is 12.1. The van der Waals surface area contributed by atoms with Crippen molar-refractivity contribution >= 4 is 56.0 Å². The molecule has 0 saturated heterocycles. The second-order valence-corrected chi connectivity index (χ2v) is 6.38. The number of carbonyl (C=O) groups is 2. The molecule has 5 nitrogen and oxygen atoms in total. The highest BCUT2D eigenvalue weighted by molar-refractivity contribution is 9.10. The predicted octanol–water partition coefficient (Wildman–Crippen LogP) is 4.22. The quantitative estimate of drug-likeness (QED) is 0.680. The highest BCUT2D eigenvalue weighted by atomic mass is 79.9. The molecule has 122 valence electrons. The Hall–Kier alpha value is -2.31. The number of halogens is 2. The number of hydrogen-bond acceptors (Lipinski definition) is 3. The van der Waals surface area contributed by atoms with E-state index >= 15 is 0 Å². The van der Waals surface area contributed by atoms with Crippen LogP contribution in [0.3, 0.4) is 0 Å². The predicted molar refractivity (Wildman–Crippen MR) is 96.3 cm³/mol. The smallest absolute Gasteiger partial charge is 0.287 e. The molecule has 0 aliphatic heterocycles. The highest BCUT2D eigenvalue weighted by Gasteiger charge is 2.13. The van der Waals surface area contributed by atoms with E-state index in [1.54, 1.807) is 36.4 Å². The fourth-order valence-corrected chi connectivity index (χ4v) is 2.56. The van der Waals surface area contributed by atoms with Crippen LogP contribution in [0.4, 0.5) is 5.69 Å². The van der Waals surface area contributed by atoms with Crippen LogP contribution in [0.5, 0.6) is 0 Å². The van der Waals surface area contributed by atoms with Crippen LogP contribution in [-0.2, 0) is 4.79 Å². The molecule has 2 N–H and O–H groups in total. The normalized spacial score (nSPS) is 10.6. The molecule has 3 aromatic rings. The van der Waals surface area contributed by atoms with Crippen molar-refractivity contribution in [2.24, 2.45) is 0 Å². The molecular formula is C17H12BrClN2O3. The molecule has 0 spiro atoms. The van der Waals surface area contributed by atoms with Crippen LogP contribution in [0.25, 0.3) is 11.0 Å². The van der Waals surface area contributed by atoms with E-state index in [-0.39, 0.29) is 18.2 Å². The monoisotopic (exact) mass is 406 g/mol. The summed E-state index contributed by atoms with van der Waals surface area (Å²) >= 11 is 9.22. The molecule has 3 rings (SSSR count). The number of carbonyl (C=O) groups excluding carboxylic acids is 2. The van der Waals surface area contributed by atoms with Crippen LogP contribution in [-0.4, -0.2) is 18.4 Å². The van der Waals surface area contributed by atoms with E-state index in [2.05, 4.69) is 26.6 Å². The Morgan fingerprint density at radius 2 is 1.83 bits per heavy atom. The number of amides is 2. The van der Waals surface area contributed by atoms with Crippen LogP contribution >= 0.6 is 27.5 Å². The maximum Gasteiger partial charge on any atom is 0.287 e. The number of fused-ring (bicyclic) bond motifs is 1. The third-order valence-corrected chi connectivity index (χ3v) is 4.00. The summed E-state index contributed by atoms with van der Waals surface area (Å²) in [4.78, 5) is 23.9. The van der Waals surface area contributed by atoms with E-state index in [4.69, 9.17) is 16.0 Å². The van der Waals surface area contributed by atoms with Crippen molar-refractivity contribution in [3.05, 3.63) is 63.8 Å². The average molecular weight is 408 g/mol. The summed E-state index contributed by atoms with van der Waals surface area (Å²) < 4.78 is 6.36. The maximum atomic E-state index is 12.1. The molecule has 24 heavy (non-hydrogen) atoms. The molecule has 2 aromatic carbocycles. The average Bonchev–Trinajstić information content (AvgIpc) is 2.98. The van der Waals surface area contributed by atoms with Crippen LogP contribution in [0.1, 0.15) is 10.6 Å². The lowest BCUT2D eigenvalue weighted by Crippen LogP contribution is -2.32. The van der Waals surface area contributed by atoms with Crippen LogP contribution in [0, 0.1) is 0 Å². The summed E-state index contributed by atoms with van der Waals surface area (Å²) in [5, 5.41) is 6.49. The molecule has 0 atom stereocenters. The summed E-state index contributed by atoms with van der Waals surface area (Å²) in [5.41, 5.74) is 1.21. The van der Waals surface area contributed by atoms with Crippen molar-refractivity contribution in [2.75, 3.05) is 11.9 Å². The van der Waals surface area contributed by atoms with Crippen molar-refractivity contribution in [1.82, 2.24) is 5.32 Å². The first-order chi connectivity index (χ1) is 11.5. The Bertz CT molecular complexity index is 906. The van der Waals surface area contributed by atoms with Gasteiger partial charge in [-0.2, -0.15) is 0 Å². The molecular weight excluding hydrogens is 396 g/mol. The lowest BCUT2D eigenvalue weighted by atomic mass is 10.2. The fourth-order valence-electron chi connectivity index (χ4n) is 2.11. The zero-order valence-corrected chi connectivity index (χ0v) is 14.6. The largest absolute Gasteiger partial charge is 0.451 e. The highest BCUT2D eigenvalue weighted by Crippen LogP contribution is 2.23. The summed E-state index contributed by atoms with van der Waals surface area (Å²) in [7, 11) is 0. The van der Waals surface area contributed by atoms with E-state index in [0.717, 1.165) is 9.86 Å². The van der Waals surface area contributed by atoms with E-state index in [1.807, 2.05) is 12.1 Å². The summed E-state index contributed by atoms with van der Waals surface area (Å²) in [6.45, 7) is -0.160. The van der Waals surface area contributed by atoms with Gasteiger partial charge < -0.3 is 15.1 Å². The number of rotatable bonds is 4. The standard InChI is InChI=1S/C17H12BrClN2O3/c18-11-1-4-13(5-2-11)21-16(22)9-20-17(23)15-8-10-7-12(19)3-6-14(10)24-15/h1-8H,9H2,(H,20,23)(H,21,22). The SMILES string of the molecule is O=C(CNC(=O)c1cc2cc(Cl)ccc2o1)Nc1ccc(Br)cc1. The zero-order chi connectivity index (χ0) is 17.1. The third kappa shape index (κ3) is 3.96. The molecule has 2 amide bonds. The van der Waals surface area contributed by atoms with E-state index in [0.29, 0.717) is 16.3 Å². The number of benzene rings is 2. The van der Waals surface area contributed by atoms with Crippen molar-refractivity contribution in [3.63, 3.8) is 0 Å². The van der Waals surface area contributed by atoms with Gasteiger partial charge >= 0.3 is 0 Å². The van der Waals surface area contributed by atoms with Crippen LogP contribution in [0.2, 0.25) is 5.02 Å².